The van der Waals surface area contributed by atoms with Gasteiger partial charge in [0.25, 0.3) is 0 Å². The highest BCUT2D eigenvalue weighted by atomic mass is 35.5. The highest BCUT2D eigenvalue weighted by Crippen LogP contribution is 2.22. The molecule has 0 N–H and O–H groups in total. The molecule has 19 heavy (non-hydrogen) atoms. The summed E-state index contributed by atoms with van der Waals surface area (Å²) in [6, 6.07) is 12.0. The maximum Gasteiger partial charge on any atom is 0.189 e. The molecule has 0 fully saturated rings. The maximum atomic E-state index is 5.55. The quantitative estimate of drug-likeness (QED) is 0.365. The van der Waals surface area contributed by atoms with Crippen LogP contribution < -0.4 is 4.74 Å². The number of hydrogen-bond donors (Lipinski definition) is 0. The zero-order chi connectivity index (χ0) is 13.5. The standard InChI is InChI=1S/C16H15ClO2/c1-2-18-12-19-16-8-7-14-10-13(4-3-9-17)5-6-15(14)11-16/h5-8,10-11H,2,9,12H2,1H3. The SMILES string of the molecule is CCOCOc1ccc2cc(C#CCCl)ccc2c1. The molecule has 0 aliphatic rings. The van der Waals surface area contributed by atoms with Gasteiger partial charge >= 0.3 is 0 Å². The van der Waals surface area contributed by atoms with E-state index in [0.717, 1.165) is 22.1 Å². The van der Waals surface area contributed by atoms with Crippen LogP contribution >= 0.6 is 11.6 Å². The predicted molar refractivity (Wildman–Crippen MR) is 78.7 cm³/mol. The Labute approximate surface area is 118 Å². The minimum absolute atomic E-state index is 0.279. The van der Waals surface area contributed by atoms with Crippen molar-refractivity contribution in [2.45, 2.75) is 6.92 Å². The topological polar surface area (TPSA) is 18.5 Å². The Balaban J connectivity index is 2.20. The highest BCUT2D eigenvalue weighted by Gasteiger charge is 1.98. The molecule has 0 radical (unpaired) electrons. The van der Waals surface area contributed by atoms with Gasteiger partial charge in [-0.1, -0.05) is 24.0 Å². The summed E-state index contributed by atoms with van der Waals surface area (Å²) < 4.78 is 10.6. The molecule has 2 rings (SSSR count). The van der Waals surface area contributed by atoms with Gasteiger partial charge in [0.2, 0.25) is 0 Å². The largest absolute Gasteiger partial charge is 0.468 e. The fourth-order valence-corrected chi connectivity index (χ4v) is 1.79. The summed E-state index contributed by atoms with van der Waals surface area (Å²) in [5, 5.41) is 2.25. The second-order valence-corrected chi connectivity index (χ2v) is 4.18. The summed E-state index contributed by atoms with van der Waals surface area (Å²) in [6.07, 6.45) is 0. The van der Waals surface area contributed by atoms with Crippen LogP contribution in [0.2, 0.25) is 0 Å². The fraction of sp³-hybridized carbons (Fsp3) is 0.250. The number of rotatable bonds is 4. The normalized spacial score (nSPS) is 10.0. The molecule has 0 aliphatic carbocycles. The summed E-state index contributed by atoms with van der Waals surface area (Å²) in [5.41, 5.74) is 0.969. The highest BCUT2D eigenvalue weighted by molar-refractivity contribution is 6.19. The van der Waals surface area contributed by atoms with Crippen molar-refractivity contribution >= 4 is 22.4 Å². The third kappa shape index (κ3) is 3.89. The summed E-state index contributed by atoms with van der Waals surface area (Å²) in [4.78, 5) is 0. The molecule has 0 atom stereocenters. The molecule has 98 valence electrons. The molecule has 2 aromatic rings. The van der Waals surface area contributed by atoms with Crippen LogP contribution in [0.1, 0.15) is 12.5 Å². The monoisotopic (exact) mass is 274 g/mol. The van der Waals surface area contributed by atoms with E-state index in [-0.39, 0.29) is 6.79 Å². The molecule has 0 aromatic heterocycles. The molecule has 0 saturated carbocycles. The van der Waals surface area contributed by atoms with Gasteiger partial charge in [-0.25, -0.2) is 0 Å². The first-order valence-corrected chi connectivity index (χ1v) is 6.66. The molecule has 0 spiro atoms. The number of hydrogen-bond acceptors (Lipinski definition) is 2. The molecule has 0 bridgehead atoms. The number of ether oxygens (including phenoxy) is 2. The molecule has 3 heteroatoms. The molecule has 2 nitrogen and oxygen atoms in total. The van der Waals surface area contributed by atoms with Gasteiger partial charge in [0.05, 0.1) is 5.88 Å². The van der Waals surface area contributed by atoms with E-state index >= 15 is 0 Å². The molecule has 0 amide bonds. The van der Waals surface area contributed by atoms with Crippen LogP contribution in [0.5, 0.6) is 5.75 Å². The minimum atomic E-state index is 0.279. The lowest BCUT2D eigenvalue weighted by Crippen LogP contribution is -2.01. The predicted octanol–water partition coefficient (Wildman–Crippen LogP) is 3.80. The first-order chi connectivity index (χ1) is 9.33. The van der Waals surface area contributed by atoms with Crippen molar-refractivity contribution in [1.29, 1.82) is 0 Å². The Morgan fingerprint density at radius 2 is 1.89 bits per heavy atom. The zero-order valence-electron chi connectivity index (χ0n) is 10.8. The molecular weight excluding hydrogens is 260 g/mol. The number of alkyl halides is 1. The van der Waals surface area contributed by atoms with E-state index in [2.05, 4.69) is 11.8 Å². The molecule has 0 heterocycles. The lowest BCUT2D eigenvalue weighted by Gasteiger charge is -2.07. The minimum Gasteiger partial charge on any atom is -0.468 e. The van der Waals surface area contributed by atoms with Crippen molar-refractivity contribution in [1.82, 2.24) is 0 Å². The molecule has 0 saturated heterocycles. The van der Waals surface area contributed by atoms with E-state index in [1.165, 1.54) is 0 Å². The van der Waals surface area contributed by atoms with Crippen molar-refractivity contribution in [2.75, 3.05) is 19.3 Å². The lowest BCUT2D eigenvalue weighted by atomic mass is 10.1. The fourth-order valence-electron chi connectivity index (χ4n) is 1.72. The summed E-state index contributed by atoms with van der Waals surface area (Å²) in [6.45, 7) is 2.87. The summed E-state index contributed by atoms with van der Waals surface area (Å²) in [5.74, 6) is 7.01. The Bertz CT molecular complexity index is 611. The van der Waals surface area contributed by atoms with Crippen LogP contribution in [0.3, 0.4) is 0 Å². The van der Waals surface area contributed by atoms with Gasteiger partial charge in [0, 0.05) is 12.2 Å². The van der Waals surface area contributed by atoms with E-state index in [1.807, 2.05) is 43.3 Å². The molecular formula is C16H15ClO2. The van der Waals surface area contributed by atoms with Gasteiger partial charge in [0.1, 0.15) is 5.75 Å². The van der Waals surface area contributed by atoms with Gasteiger partial charge in [0.15, 0.2) is 6.79 Å². The molecule has 0 unspecified atom stereocenters. The Kier molecular flexibility index (Phi) is 5.09. The van der Waals surface area contributed by atoms with Crippen molar-refractivity contribution < 1.29 is 9.47 Å². The zero-order valence-corrected chi connectivity index (χ0v) is 11.5. The second-order valence-electron chi connectivity index (χ2n) is 3.91. The van der Waals surface area contributed by atoms with Crippen LogP contribution in [0.15, 0.2) is 36.4 Å². The number of fused-ring (bicyclic) bond motifs is 1. The summed E-state index contributed by atoms with van der Waals surface area (Å²) in [7, 11) is 0. The van der Waals surface area contributed by atoms with E-state index in [4.69, 9.17) is 21.1 Å². The van der Waals surface area contributed by atoms with Crippen molar-refractivity contribution in [2.24, 2.45) is 0 Å². The number of halogens is 1. The van der Waals surface area contributed by atoms with Crippen molar-refractivity contribution in [3.63, 3.8) is 0 Å². The van der Waals surface area contributed by atoms with Gasteiger partial charge in [-0.2, -0.15) is 0 Å². The van der Waals surface area contributed by atoms with E-state index in [1.54, 1.807) is 0 Å². The van der Waals surface area contributed by atoms with Gasteiger partial charge < -0.3 is 9.47 Å². The van der Waals surface area contributed by atoms with E-state index < -0.39 is 0 Å². The number of benzene rings is 2. The molecule has 0 aliphatic heterocycles. The lowest BCUT2D eigenvalue weighted by molar-refractivity contribution is 0.0225. The Morgan fingerprint density at radius 3 is 2.68 bits per heavy atom. The Morgan fingerprint density at radius 1 is 1.11 bits per heavy atom. The second kappa shape index (κ2) is 7.04. The van der Waals surface area contributed by atoms with Crippen molar-refractivity contribution in [3.05, 3.63) is 42.0 Å². The van der Waals surface area contributed by atoms with Gasteiger partial charge in [-0.05, 0) is 42.0 Å². The average Bonchev–Trinajstić information content (AvgIpc) is 2.45. The van der Waals surface area contributed by atoms with Crippen LogP contribution in [0.4, 0.5) is 0 Å². The first kappa shape index (κ1) is 13.7. The van der Waals surface area contributed by atoms with Crippen LogP contribution in [0.25, 0.3) is 10.8 Å². The average molecular weight is 275 g/mol. The third-order valence-electron chi connectivity index (χ3n) is 2.62. The van der Waals surface area contributed by atoms with Crippen LogP contribution in [-0.2, 0) is 4.74 Å². The van der Waals surface area contributed by atoms with E-state index in [9.17, 15) is 0 Å². The molecule has 2 aromatic carbocycles. The summed E-state index contributed by atoms with van der Waals surface area (Å²) >= 11 is 5.55. The van der Waals surface area contributed by atoms with E-state index in [0.29, 0.717) is 12.5 Å². The first-order valence-electron chi connectivity index (χ1n) is 6.12. The third-order valence-corrected chi connectivity index (χ3v) is 2.76. The Hall–Kier alpha value is -1.69. The maximum absolute atomic E-state index is 5.55. The van der Waals surface area contributed by atoms with Crippen molar-refractivity contribution in [3.8, 4) is 17.6 Å². The van der Waals surface area contributed by atoms with Gasteiger partial charge in [-0.15, -0.1) is 11.6 Å². The van der Waals surface area contributed by atoms with Gasteiger partial charge in [-0.3, -0.25) is 0 Å². The van der Waals surface area contributed by atoms with Crippen LogP contribution in [-0.4, -0.2) is 19.3 Å². The smallest absolute Gasteiger partial charge is 0.189 e. The van der Waals surface area contributed by atoms with Crippen LogP contribution in [0, 0.1) is 11.8 Å².